The van der Waals surface area contributed by atoms with Gasteiger partial charge in [0.05, 0.1) is 0 Å². The molecule has 72 heavy (non-hydrogen) atoms. The minimum absolute atomic E-state index is 0. The maximum atomic E-state index is 11.5. The summed E-state index contributed by atoms with van der Waals surface area (Å²) in [5, 5.41) is 21.5. The van der Waals surface area contributed by atoms with Gasteiger partial charge in [0.1, 0.15) is 11.5 Å². The molecular weight excluding hydrogens is 1140 g/mol. The summed E-state index contributed by atoms with van der Waals surface area (Å²) >= 11 is 0. The van der Waals surface area contributed by atoms with Gasteiger partial charge in [-0.25, -0.2) is 0 Å². The van der Waals surface area contributed by atoms with Crippen LogP contribution in [0.25, 0.3) is 0 Å². The summed E-state index contributed by atoms with van der Waals surface area (Å²) in [4.78, 5) is 46.2. The van der Waals surface area contributed by atoms with Crippen LogP contribution in [0.5, 0.6) is 11.5 Å². The minimum Gasteiger partial charge on any atom is -0.810 e. The first-order chi connectivity index (χ1) is 32.9. The zero-order valence-corrected chi connectivity index (χ0v) is 58.1. The number of rotatable bonds is 38. The summed E-state index contributed by atoms with van der Waals surface area (Å²) in [6, 6.07) is 3.49. The van der Waals surface area contributed by atoms with Gasteiger partial charge in [-0.3, -0.25) is 0 Å². The SMILES string of the molecule is CCCCCCCCCCCCCCCCCCc1c(CP(=O)([O-])[O-])cc(C(C)(C)C)c(O)c1C.CCCCCCCCCCCCCCCCCCc1c(CP(=O)([O-])[O-])cc(C(C)(C)C)c(O)c1C.[Cd+2].[Cd+2]. The average molecular weight is 1240 g/mol. The molecule has 0 spiro atoms. The van der Waals surface area contributed by atoms with Crippen LogP contribution in [-0.4, -0.2) is 10.2 Å². The molecule has 2 aromatic rings. The largest absolute Gasteiger partial charge is 2.00 e. The average Bonchev–Trinajstić information content (AvgIpc) is 3.26. The van der Waals surface area contributed by atoms with E-state index in [-0.39, 0.29) is 76.9 Å². The van der Waals surface area contributed by atoms with Crippen molar-refractivity contribution in [2.45, 2.75) is 311 Å². The van der Waals surface area contributed by atoms with Crippen molar-refractivity contribution in [3.63, 3.8) is 0 Å². The van der Waals surface area contributed by atoms with Gasteiger partial charge in [0.15, 0.2) is 0 Å². The molecule has 2 rings (SSSR count). The molecule has 0 amide bonds. The molecule has 0 unspecified atom stereocenters. The second kappa shape index (κ2) is 41.3. The summed E-state index contributed by atoms with van der Waals surface area (Å²) in [6.07, 6.45) is 42.3. The van der Waals surface area contributed by atoms with Crippen LogP contribution < -0.4 is 19.6 Å². The molecule has 2 N–H and O–H groups in total. The van der Waals surface area contributed by atoms with Crippen molar-refractivity contribution in [3.8, 4) is 11.5 Å². The minimum atomic E-state index is -4.68. The van der Waals surface area contributed by atoms with Crippen molar-refractivity contribution in [1.29, 1.82) is 0 Å². The molecule has 0 atom stereocenters. The monoisotopic (exact) mass is 1240 g/mol. The smallest absolute Gasteiger partial charge is 0.810 e. The second-order valence-corrected chi connectivity index (χ2v) is 26.3. The molecule has 0 aliphatic heterocycles. The van der Waals surface area contributed by atoms with E-state index in [1.54, 1.807) is 12.1 Å². The van der Waals surface area contributed by atoms with Crippen molar-refractivity contribution in [1.82, 2.24) is 0 Å². The van der Waals surface area contributed by atoms with Crippen LogP contribution >= 0.6 is 15.2 Å². The summed E-state index contributed by atoms with van der Waals surface area (Å²) in [5.41, 5.74) is 5.02. The third-order valence-corrected chi connectivity index (χ3v) is 15.9. The van der Waals surface area contributed by atoms with Crippen LogP contribution in [0.15, 0.2) is 12.1 Å². The van der Waals surface area contributed by atoms with Crippen LogP contribution in [0.2, 0.25) is 0 Å². The molecule has 0 aliphatic carbocycles. The third-order valence-electron chi connectivity index (χ3n) is 14.4. The fourth-order valence-electron chi connectivity index (χ4n) is 10.1. The van der Waals surface area contributed by atoms with Gasteiger partial charge in [0.2, 0.25) is 0 Å². The van der Waals surface area contributed by atoms with Crippen molar-refractivity contribution in [3.05, 3.63) is 56.6 Å². The van der Waals surface area contributed by atoms with E-state index in [0.29, 0.717) is 35.1 Å². The van der Waals surface area contributed by atoms with Gasteiger partial charge in [-0.05, 0) is 94.9 Å². The van der Waals surface area contributed by atoms with Crippen LogP contribution in [0.3, 0.4) is 0 Å². The van der Waals surface area contributed by atoms with Gasteiger partial charge in [0.25, 0.3) is 0 Å². The second-order valence-electron chi connectivity index (χ2n) is 23.2. The normalized spacial score (nSPS) is 12.1. The Morgan fingerprint density at radius 1 is 0.389 bits per heavy atom. The Hall–Kier alpha value is 0.184. The molecule has 0 fully saturated rings. The van der Waals surface area contributed by atoms with Gasteiger partial charge in [-0.1, -0.05) is 275 Å². The molecule has 0 radical (unpaired) electrons. The van der Waals surface area contributed by atoms with E-state index in [1.165, 1.54) is 180 Å². The van der Waals surface area contributed by atoms with Crippen LogP contribution in [-0.2, 0) is 99.7 Å². The van der Waals surface area contributed by atoms with E-state index >= 15 is 0 Å². The molecule has 0 bridgehead atoms. The molecule has 2 aromatic carbocycles. The Bertz CT molecular complexity index is 1660. The fourth-order valence-corrected chi connectivity index (χ4v) is 11.5. The number of phenols is 2. The Morgan fingerprint density at radius 2 is 0.583 bits per heavy atom. The molecule has 0 heterocycles. The maximum Gasteiger partial charge on any atom is 2.00 e. The maximum absolute atomic E-state index is 11.5. The van der Waals surface area contributed by atoms with Crippen molar-refractivity contribution in [2.24, 2.45) is 0 Å². The molecule has 8 nitrogen and oxygen atoms in total. The van der Waals surface area contributed by atoms with E-state index in [1.807, 2.05) is 55.4 Å². The van der Waals surface area contributed by atoms with Crippen LogP contribution in [0, 0.1) is 13.8 Å². The third kappa shape index (κ3) is 34.8. The van der Waals surface area contributed by atoms with Crippen molar-refractivity contribution in [2.75, 3.05) is 0 Å². The van der Waals surface area contributed by atoms with E-state index in [2.05, 4.69) is 13.8 Å². The first-order valence-corrected chi connectivity index (χ1v) is 32.1. The standard InChI is InChI=1S/2C30H55O4P.2Cd/c2*1-6-7-8-9-10-11-12-13-14-15-16-17-18-19-20-21-22-27-25(2)29(31)28(30(3,4)5)23-26(27)24-35(32,33)34;;/h2*23,31H,6-22,24H2,1-5H3,(H2,32,33,34);;/q;;2*+2/p-4. The number of aromatic hydroxyl groups is 2. The molecule has 408 valence electrons. The zero-order valence-electron chi connectivity index (χ0n) is 48.3. The Balaban J connectivity index is 0. The van der Waals surface area contributed by atoms with Gasteiger partial charge in [-0.2, -0.15) is 0 Å². The topological polar surface area (TPSA) is 167 Å². The Morgan fingerprint density at radius 3 is 0.764 bits per heavy atom. The molecule has 0 aliphatic rings. The van der Waals surface area contributed by atoms with Crippen LogP contribution in [0.4, 0.5) is 0 Å². The predicted octanol–water partition coefficient (Wildman–Crippen LogP) is 16.4. The molecule has 0 aromatic heterocycles. The van der Waals surface area contributed by atoms with Crippen molar-refractivity contribution < 1.29 is 93.5 Å². The van der Waals surface area contributed by atoms with E-state index in [4.69, 9.17) is 0 Å². The quantitative estimate of drug-likeness (QED) is 0.0381. The summed E-state index contributed by atoms with van der Waals surface area (Å²) in [6.45, 7) is 20.1. The molecule has 0 saturated carbocycles. The van der Waals surface area contributed by atoms with Gasteiger partial charge in [-0.15, -0.1) is 0 Å². The Kier molecular flexibility index (Phi) is 42.6. The number of unbranched alkanes of at least 4 members (excludes halogenated alkanes) is 30. The molecular formula is C60H106Cd2O8P2. The Labute approximate surface area is 483 Å². The zero-order chi connectivity index (χ0) is 52.6. The summed E-state index contributed by atoms with van der Waals surface area (Å²) in [5.74, 6) is 0.471. The van der Waals surface area contributed by atoms with E-state index in [0.717, 1.165) is 47.9 Å². The van der Waals surface area contributed by atoms with Crippen LogP contribution in [0.1, 0.15) is 305 Å². The van der Waals surface area contributed by atoms with Gasteiger partial charge < -0.3 is 38.9 Å². The first kappa shape index (κ1) is 74.3. The number of hydrogen-bond donors (Lipinski definition) is 2. The summed E-state index contributed by atoms with van der Waals surface area (Å²) < 4.78 is 23.1. The fraction of sp³-hybridized carbons (Fsp3) is 0.800. The number of hydrogen-bond acceptors (Lipinski definition) is 8. The first-order valence-electron chi connectivity index (χ1n) is 28.7. The number of benzene rings is 2. The van der Waals surface area contributed by atoms with Gasteiger partial charge in [0, 0.05) is 12.3 Å². The van der Waals surface area contributed by atoms with Gasteiger partial charge >= 0.3 is 54.6 Å². The number of phenolic OH excluding ortho intramolecular Hbond substituents is 2. The molecule has 12 heteroatoms. The van der Waals surface area contributed by atoms with E-state index < -0.39 is 27.5 Å². The summed E-state index contributed by atoms with van der Waals surface area (Å²) in [7, 11) is -9.36. The van der Waals surface area contributed by atoms with E-state index in [9.17, 15) is 38.9 Å². The predicted molar refractivity (Wildman–Crippen MR) is 292 cm³/mol. The molecule has 0 saturated heterocycles. The van der Waals surface area contributed by atoms with Crippen molar-refractivity contribution >= 4 is 15.2 Å².